The van der Waals surface area contributed by atoms with Crippen LogP contribution >= 0.6 is 15.9 Å². The second-order valence-corrected chi connectivity index (χ2v) is 5.07. The predicted molar refractivity (Wildman–Crippen MR) is 84.2 cm³/mol. The second-order valence-electron chi connectivity index (χ2n) is 4.22. The van der Waals surface area contributed by atoms with Crippen molar-refractivity contribution in [2.24, 2.45) is 0 Å². The fraction of sp³-hybridized carbons (Fsp3) is 0.0667. The normalized spacial score (nSPS) is 9.76. The van der Waals surface area contributed by atoms with Gasteiger partial charge in [0.2, 0.25) is 0 Å². The van der Waals surface area contributed by atoms with Crippen molar-refractivity contribution in [3.05, 3.63) is 52.0 Å². The van der Waals surface area contributed by atoms with Crippen molar-refractivity contribution in [1.82, 2.24) is 0 Å². The number of rotatable bonds is 3. The Morgan fingerprint density at radius 1 is 1.33 bits per heavy atom. The molecule has 0 unspecified atom stereocenters. The number of carbonyl (C=O) groups excluding carboxylic acids is 1. The molecule has 2 aromatic carbocycles. The van der Waals surface area contributed by atoms with E-state index in [2.05, 4.69) is 21.2 Å². The molecule has 21 heavy (non-hydrogen) atoms. The van der Waals surface area contributed by atoms with Gasteiger partial charge in [-0.1, -0.05) is 0 Å². The van der Waals surface area contributed by atoms with Crippen molar-refractivity contribution in [3.8, 4) is 11.8 Å². The van der Waals surface area contributed by atoms with Gasteiger partial charge in [-0.05, 0) is 52.3 Å². The van der Waals surface area contributed by atoms with Crippen LogP contribution in [0.3, 0.4) is 0 Å². The average Bonchev–Trinajstić information content (AvgIpc) is 2.48. The van der Waals surface area contributed by atoms with Gasteiger partial charge in [-0.25, -0.2) is 0 Å². The number of carbonyl (C=O) groups is 1. The zero-order valence-electron chi connectivity index (χ0n) is 11.2. The van der Waals surface area contributed by atoms with Gasteiger partial charge in [0.05, 0.1) is 22.8 Å². The van der Waals surface area contributed by atoms with Gasteiger partial charge in [-0.2, -0.15) is 5.26 Å². The monoisotopic (exact) mass is 345 g/mol. The van der Waals surface area contributed by atoms with E-state index in [0.717, 1.165) is 0 Å². The van der Waals surface area contributed by atoms with Crippen molar-refractivity contribution in [1.29, 1.82) is 5.26 Å². The first-order valence-corrected chi connectivity index (χ1v) is 6.79. The minimum absolute atomic E-state index is 0.316. The van der Waals surface area contributed by atoms with E-state index in [9.17, 15) is 4.79 Å². The lowest BCUT2D eigenvalue weighted by Gasteiger charge is -2.09. The molecule has 0 aromatic heterocycles. The Morgan fingerprint density at radius 2 is 2.10 bits per heavy atom. The minimum Gasteiger partial charge on any atom is -0.496 e. The number of nitriles is 1. The van der Waals surface area contributed by atoms with Gasteiger partial charge in [0, 0.05) is 11.3 Å². The maximum atomic E-state index is 12.2. The van der Waals surface area contributed by atoms with Crippen LogP contribution in [0, 0.1) is 11.3 Å². The number of nitrogens with one attached hydrogen (secondary N) is 1. The van der Waals surface area contributed by atoms with Crippen LogP contribution in [0.2, 0.25) is 0 Å². The number of methoxy groups -OCH3 is 1. The first kappa shape index (κ1) is 14.9. The zero-order chi connectivity index (χ0) is 15.4. The van der Waals surface area contributed by atoms with E-state index in [4.69, 9.17) is 15.7 Å². The lowest BCUT2D eigenvalue weighted by Crippen LogP contribution is -2.13. The summed E-state index contributed by atoms with van der Waals surface area (Å²) in [6.45, 7) is 0. The summed E-state index contributed by atoms with van der Waals surface area (Å²) < 4.78 is 5.79. The van der Waals surface area contributed by atoms with Gasteiger partial charge in [-0.15, -0.1) is 0 Å². The first-order chi connectivity index (χ1) is 10.0. The fourth-order valence-corrected chi connectivity index (χ4v) is 2.31. The Balaban J connectivity index is 2.26. The van der Waals surface area contributed by atoms with Crippen molar-refractivity contribution < 1.29 is 9.53 Å². The second kappa shape index (κ2) is 6.29. The third-order valence-corrected chi connectivity index (χ3v) is 3.45. The summed E-state index contributed by atoms with van der Waals surface area (Å²) in [5, 5.41) is 11.7. The molecule has 0 aliphatic heterocycles. The van der Waals surface area contributed by atoms with Crippen LogP contribution in [-0.4, -0.2) is 13.0 Å². The van der Waals surface area contributed by atoms with Crippen LogP contribution in [0.1, 0.15) is 15.9 Å². The van der Waals surface area contributed by atoms with Crippen molar-refractivity contribution in [2.45, 2.75) is 0 Å². The molecule has 0 aliphatic rings. The maximum Gasteiger partial charge on any atom is 0.255 e. The van der Waals surface area contributed by atoms with Crippen LogP contribution in [-0.2, 0) is 0 Å². The van der Waals surface area contributed by atoms with Crippen LogP contribution in [0.15, 0.2) is 40.9 Å². The van der Waals surface area contributed by atoms with Crippen molar-refractivity contribution in [2.75, 3.05) is 18.2 Å². The number of nitrogens with zero attached hydrogens (tertiary/aromatic N) is 1. The van der Waals surface area contributed by atoms with Gasteiger partial charge >= 0.3 is 0 Å². The lowest BCUT2D eigenvalue weighted by molar-refractivity contribution is 0.102. The Hall–Kier alpha value is -2.52. The van der Waals surface area contributed by atoms with E-state index in [0.29, 0.717) is 32.7 Å². The summed E-state index contributed by atoms with van der Waals surface area (Å²) in [6, 6.07) is 11.7. The average molecular weight is 346 g/mol. The molecule has 6 heteroatoms. The maximum absolute atomic E-state index is 12.2. The van der Waals surface area contributed by atoms with Crippen LogP contribution in [0.4, 0.5) is 11.4 Å². The smallest absolute Gasteiger partial charge is 0.255 e. The predicted octanol–water partition coefficient (Wildman–Crippen LogP) is 3.16. The molecule has 1 amide bonds. The SMILES string of the molecule is COc1ccc(C(=O)Nc2ccc(N)cc2C#N)cc1Br. The molecule has 0 radical (unpaired) electrons. The standard InChI is InChI=1S/C15H12BrN3O2/c1-21-14-5-2-9(7-12(14)16)15(20)19-13-4-3-11(18)6-10(13)8-17/h2-7H,18H2,1H3,(H,19,20). The molecule has 0 aliphatic carbocycles. The highest BCUT2D eigenvalue weighted by Gasteiger charge is 2.11. The van der Waals surface area contributed by atoms with E-state index in [1.165, 1.54) is 6.07 Å². The summed E-state index contributed by atoms with van der Waals surface area (Å²) in [5.74, 6) is 0.316. The van der Waals surface area contributed by atoms with E-state index in [1.807, 2.05) is 6.07 Å². The minimum atomic E-state index is -0.320. The molecule has 2 rings (SSSR count). The van der Waals surface area contributed by atoms with E-state index in [-0.39, 0.29) is 5.91 Å². The molecule has 0 fully saturated rings. The van der Waals surface area contributed by atoms with Crippen LogP contribution < -0.4 is 15.8 Å². The van der Waals surface area contributed by atoms with Gasteiger partial charge in [0.15, 0.2) is 0 Å². The number of hydrogen-bond acceptors (Lipinski definition) is 4. The molecule has 0 heterocycles. The third-order valence-electron chi connectivity index (χ3n) is 2.83. The molecular weight excluding hydrogens is 334 g/mol. The number of hydrogen-bond donors (Lipinski definition) is 2. The van der Waals surface area contributed by atoms with Gasteiger partial charge in [-0.3, -0.25) is 4.79 Å². The van der Waals surface area contributed by atoms with E-state index in [1.54, 1.807) is 37.4 Å². The summed E-state index contributed by atoms with van der Waals surface area (Å²) >= 11 is 3.32. The summed E-state index contributed by atoms with van der Waals surface area (Å²) in [5.41, 5.74) is 7.27. The van der Waals surface area contributed by atoms with Crippen LogP contribution in [0.5, 0.6) is 5.75 Å². The molecule has 0 saturated heterocycles. The molecule has 2 aromatic rings. The van der Waals surface area contributed by atoms with E-state index < -0.39 is 0 Å². The van der Waals surface area contributed by atoms with Gasteiger partial charge in [0.1, 0.15) is 11.8 Å². The highest BCUT2D eigenvalue weighted by Crippen LogP contribution is 2.26. The largest absolute Gasteiger partial charge is 0.496 e. The zero-order valence-corrected chi connectivity index (χ0v) is 12.8. The lowest BCUT2D eigenvalue weighted by atomic mass is 10.1. The first-order valence-electron chi connectivity index (χ1n) is 5.99. The number of nitrogen functional groups attached to an aromatic ring is 1. The Morgan fingerprint density at radius 3 is 2.71 bits per heavy atom. The Kier molecular flexibility index (Phi) is 4.45. The molecule has 3 N–H and O–H groups in total. The van der Waals surface area contributed by atoms with Crippen molar-refractivity contribution >= 4 is 33.2 Å². The topological polar surface area (TPSA) is 88.1 Å². The number of benzene rings is 2. The number of halogens is 1. The quantitative estimate of drug-likeness (QED) is 0.836. The Bertz CT molecular complexity index is 738. The number of ether oxygens (including phenoxy) is 1. The molecular formula is C15H12BrN3O2. The fourth-order valence-electron chi connectivity index (χ4n) is 1.77. The summed E-state index contributed by atoms with van der Waals surface area (Å²) in [7, 11) is 1.55. The molecule has 0 saturated carbocycles. The van der Waals surface area contributed by atoms with Crippen molar-refractivity contribution in [3.63, 3.8) is 0 Å². The third kappa shape index (κ3) is 3.33. The molecule has 0 spiro atoms. The number of amides is 1. The summed E-state index contributed by atoms with van der Waals surface area (Å²) in [6.07, 6.45) is 0. The highest BCUT2D eigenvalue weighted by atomic mass is 79.9. The highest BCUT2D eigenvalue weighted by molar-refractivity contribution is 9.10. The van der Waals surface area contributed by atoms with Gasteiger partial charge in [0.25, 0.3) is 5.91 Å². The number of anilines is 2. The molecule has 0 bridgehead atoms. The number of nitrogens with two attached hydrogens (primary N) is 1. The Labute approximate surface area is 130 Å². The van der Waals surface area contributed by atoms with Crippen LogP contribution in [0.25, 0.3) is 0 Å². The van der Waals surface area contributed by atoms with E-state index >= 15 is 0 Å². The molecule has 0 atom stereocenters. The molecule has 5 nitrogen and oxygen atoms in total. The van der Waals surface area contributed by atoms with Gasteiger partial charge < -0.3 is 15.8 Å². The molecule has 106 valence electrons. The summed E-state index contributed by atoms with van der Waals surface area (Å²) in [4.78, 5) is 12.2.